The van der Waals surface area contributed by atoms with Crippen LogP contribution in [0.2, 0.25) is 0 Å². The number of carbonyl (C=O) groups excluding carboxylic acids is 1. The van der Waals surface area contributed by atoms with E-state index in [0.29, 0.717) is 35.9 Å². The maximum Gasteiger partial charge on any atom is 0.263 e. The van der Waals surface area contributed by atoms with Crippen LogP contribution in [0.4, 0.5) is 5.69 Å². The van der Waals surface area contributed by atoms with Gasteiger partial charge in [0.2, 0.25) is 10.0 Å². The smallest absolute Gasteiger partial charge is 0.263 e. The number of fused-ring (bicyclic) bond motifs is 1. The highest BCUT2D eigenvalue weighted by molar-refractivity contribution is 7.92. The van der Waals surface area contributed by atoms with Gasteiger partial charge in [-0.2, -0.15) is 0 Å². The van der Waals surface area contributed by atoms with Gasteiger partial charge in [-0.3, -0.25) is 9.10 Å². The Labute approximate surface area is 176 Å². The Balaban J connectivity index is 1.57. The zero-order valence-corrected chi connectivity index (χ0v) is 18.1. The highest BCUT2D eigenvalue weighted by Crippen LogP contribution is 2.34. The van der Waals surface area contributed by atoms with Gasteiger partial charge in [-0.1, -0.05) is 18.2 Å². The number of hydrogen-bond acceptors (Lipinski definition) is 6. The summed E-state index contributed by atoms with van der Waals surface area (Å²) in [6.07, 6.45) is 1.66. The van der Waals surface area contributed by atoms with Crippen molar-refractivity contribution in [1.29, 1.82) is 0 Å². The molecular weight excluding hydrogens is 408 g/mol. The van der Waals surface area contributed by atoms with Crippen molar-refractivity contribution in [3.8, 4) is 17.2 Å². The molecule has 2 aromatic rings. The van der Waals surface area contributed by atoms with Crippen LogP contribution in [-0.4, -0.2) is 54.0 Å². The summed E-state index contributed by atoms with van der Waals surface area (Å²) in [5, 5.41) is 2.84. The molecule has 2 aromatic carbocycles. The Hall–Kier alpha value is -2.94. The summed E-state index contributed by atoms with van der Waals surface area (Å²) >= 11 is 0. The number of methoxy groups -OCH3 is 2. The summed E-state index contributed by atoms with van der Waals surface area (Å²) in [6.45, 7) is 0.380. The van der Waals surface area contributed by atoms with Crippen molar-refractivity contribution < 1.29 is 27.4 Å². The van der Waals surface area contributed by atoms with Gasteiger partial charge in [0, 0.05) is 6.54 Å². The number of ether oxygens (including phenoxy) is 3. The first-order chi connectivity index (χ1) is 14.3. The fourth-order valence-electron chi connectivity index (χ4n) is 3.31. The first-order valence-electron chi connectivity index (χ1n) is 9.55. The van der Waals surface area contributed by atoms with Gasteiger partial charge in [0.15, 0.2) is 17.6 Å². The van der Waals surface area contributed by atoms with Crippen LogP contribution in [0.15, 0.2) is 42.5 Å². The SMILES string of the molecule is COc1ccc(CCCNC(=O)C2CN(S(C)(=O)=O)c3ccccc3O2)cc1OC. The van der Waals surface area contributed by atoms with Crippen molar-refractivity contribution >= 4 is 21.6 Å². The molecule has 0 bridgehead atoms. The highest BCUT2D eigenvalue weighted by atomic mass is 32.2. The molecule has 30 heavy (non-hydrogen) atoms. The van der Waals surface area contributed by atoms with E-state index in [0.717, 1.165) is 18.2 Å². The predicted molar refractivity (Wildman–Crippen MR) is 114 cm³/mol. The highest BCUT2D eigenvalue weighted by Gasteiger charge is 2.34. The fourth-order valence-corrected chi connectivity index (χ4v) is 4.22. The molecule has 1 aliphatic heterocycles. The van der Waals surface area contributed by atoms with Crippen LogP contribution in [0.3, 0.4) is 0 Å². The lowest BCUT2D eigenvalue weighted by Crippen LogP contribution is -2.50. The minimum Gasteiger partial charge on any atom is -0.493 e. The maximum absolute atomic E-state index is 12.6. The van der Waals surface area contributed by atoms with Gasteiger partial charge in [0.05, 0.1) is 32.7 Å². The zero-order chi connectivity index (χ0) is 21.7. The number of anilines is 1. The van der Waals surface area contributed by atoms with E-state index >= 15 is 0 Å². The quantitative estimate of drug-likeness (QED) is 0.639. The molecule has 8 nitrogen and oxygen atoms in total. The monoisotopic (exact) mass is 434 g/mol. The average molecular weight is 435 g/mol. The molecule has 1 amide bonds. The van der Waals surface area contributed by atoms with Gasteiger partial charge in [-0.15, -0.1) is 0 Å². The molecular formula is C21H26N2O6S. The van der Waals surface area contributed by atoms with Crippen molar-refractivity contribution in [2.24, 2.45) is 0 Å². The van der Waals surface area contributed by atoms with E-state index in [1.165, 1.54) is 4.31 Å². The maximum atomic E-state index is 12.6. The van der Waals surface area contributed by atoms with Crippen LogP contribution in [0.1, 0.15) is 12.0 Å². The van der Waals surface area contributed by atoms with Gasteiger partial charge in [-0.05, 0) is 42.7 Å². The second-order valence-corrected chi connectivity index (χ2v) is 8.86. The standard InChI is InChI=1S/C21H26N2O6S/c1-27-18-11-10-15(13-19(18)28-2)7-6-12-22-21(24)20-14-23(30(3,25)26)16-8-4-5-9-17(16)29-20/h4-5,8-11,13,20H,6-7,12,14H2,1-3H3,(H,22,24). The zero-order valence-electron chi connectivity index (χ0n) is 17.3. The van der Waals surface area contributed by atoms with E-state index in [1.807, 2.05) is 18.2 Å². The lowest BCUT2D eigenvalue weighted by atomic mass is 10.1. The van der Waals surface area contributed by atoms with E-state index in [9.17, 15) is 13.2 Å². The Morgan fingerprint density at radius 3 is 2.60 bits per heavy atom. The molecule has 1 atom stereocenters. The summed E-state index contributed by atoms with van der Waals surface area (Å²) in [4.78, 5) is 12.6. The van der Waals surface area contributed by atoms with Crippen LogP contribution < -0.4 is 23.8 Å². The molecule has 0 aliphatic carbocycles. The number of sulfonamides is 1. The van der Waals surface area contributed by atoms with E-state index in [2.05, 4.69) is 5.32 Å². The molecule has 0 spiro atoms. The summed E-state index contributed by atoms with van der Waals surface area (Å²) in [5.41, 5.74) is 1.51. The number of para-hydroxylation sites is 2. The van der Waals surface area contributed by atoms with Gasteiger partial charge in [-0.25, -0.2) is 8.42 Å². The lowest BCUT2D eigenvalue weighted by Gasteiger charge is -2.33. The molecule has 1 unspecified atom stereocenters. The molecule has 1 aliphatic rings. The molecule has 9 heteroatoms. The molecule has 3 rings (SSSR count). The number of hydrogen-bond donors (Lipinski definition) is 1. The molecule has 0 radical (unpaired) electrons. The molecule has 1 heterocycles. The van der Waals surface area contributed by atoms with Crippen LogP contribution in [0.25, 0.3) is 0 Å². The van der Waals surface area contributed by atoms with E-state index in [-0.39, 0.29) is 12.5 Å². The Morgan fingerprint density at radius 2 is 1.90 bits per heavy atom. The third-order valence-corrected chi connectivity index (χ3v) is 5.96. The van der Waals surface area contributed by atoms with Crippen molar-refractivity contribution in [2.45, 2.75) is 18.9 Å². The number of nitrogens with one attached hydrogen (secondary N) is 1. The second kappa shape index (κ2) is 9.25. The van der Waals surface area contributed by atoms with Gasteiger partial charge in [0.25, 0.3) is 5.91 Å². The third-order valence-electron chi connectivity index (χ3n) is 4.82. The third kappa shape index (κ3) is 4.96. The fraction of sp³-hybridized carbons (Fsp3) is 0.381. The Morgan fingerprint density at radius 1 is 1.17 bits per heavy atom. The van der Waals surface area contributed by atoms with Crippen molar-refractivity contribution in [3.05, 3.63) is 48.0 Å². The molecule has 0 saturated carbocycles. The first kappa shape index (κ1) is 21.8. The number of carbonyl (C=O) groups is 1. The number of aryl methyl sites for hydroxylation is 1. The number of amides is 1. The Kier molecular flexibility index (Phi) is 6.71. The summed E-state index contributed by atoms with van der Waals surface area (Å²) < 4.78 is 41.8. The van der Waals surface area contributed by atoms with E-state index in [1.54, 1.807) is 38.5 Å². The number of nitrogens with zero attached hydrogens (tertiary/aromatic N) is 1. The van der Waals surface area contributed by atoms with Crippen molar-refractivity contribution in [3.63, 3.8) is 0 Å². The number of benzene rings is 2. The second-order valence-electron chi connectivity index (χ2n) is 6.95. The Bertz CT molecular complexity index is 1010. The van der Waals surface area contributed by atoms with Crippen LogP contribution in [0, 0.1) is 0 Å². The molecule has 1 N–H and O–H groups in total. The van der Waals surface area contributed by atoms with Crippen LogP contribution in [-0.2, 0) is 21.2 Å². The molecule has 162 valence electrons. The predicted octanol–water partition coefficient (Wildman–Crippen LogP) is 1.98. The minimum atomic E-state index is -3.53. The van der Waals surface area contributed by atoms with E-state index < -0.39 is 16.1 Å². The van der Waals surface area contributed by atoms with Gasteiger partial charge >= 0.3 is 0 Å². The average Bonchev–Trinajstić information content (AvgIpc) is 2.74. The van der Waals surface area contributed by atoms with Gasteiger partial charge < -0.3 is 19.5 Å². The van der Waals surface area contributed by atoms with Crippen molar-refractivity contribution in [1.82, 2.24) is 5.32 Å². The normalized spacial score (nSPS) is 15.7. The summed E-state index contributed by atoms with van der Waals surface area (Å²) in [7, 11) is -0.354. The molecule has 0 aromatic heterocycles. The van der Waals surface area contributed by atoms with Crippen molar-refractivity contribution in [2.75, 3.05) is 37.9 Å². The first-order valence-corrected chi connectivity index (χ1v) is 11.4. The van der Waals surface area contributed by atoms with Crippen LogP contribution in [0.5, 0.6) is 17.2 Å². The number of rotatable bonds is 8. The van der Waals surface area contributed by atoms with Gasteiger partial charge in [0.1, 0.15) is 5.75 Å². The van der Waals surface area contributed by atoms with E-state index in [4.69, 9.17) is 14.2 Å². The summed E-state index contributed by atoms with van der Waals surface area (Å²) in [6, 6.07) is 12.5. The molecule has 0 saturated heterocycles. The minimum absolute atomic E-state index is 0.0582. The van der Waals surface area contributed by atoms with Crippen LogP contribution >= 0.6 is 0 Å². The largest absolute Gasteiger partial charge is 0.493 e. The lowest BCUT2D eigenvalue weighted by molar-refractivity contribution is -0.127. The topological polar surface area (TPSA) is 94.2 Å². The molecule has 0 fully saturated rings. The summed E-state index contributed by atoms with van der Waals surface area (Å²) in [5.74, 6) is 1.36.